The van der Waals surface area contributed by atoms with Gasteiger partial charge in [-0.2, -0.15) is 0 Å². The van der Waals surface area contributed by atoms with Crippen LogP contribution in [-0.2, 0) is 0 Å². The molecule has 6 heteroatoms. The van der Waals surface area contributed by atoms with Crippen molar-refractivity contribution < 1.29 is 0 Å². The van der Waals surface area contributed by atoms with Crippen molar-refractivity contribution in [1.29, 1.82) is 0 Å². The molecule has 2 N–H and O–H groups in total. The number of aryl methyl sites for hydroxylation is 2. The van der Waals surface area contributed by atoms with Crippen molar-refractivity contribution in [3.8, 4) is 0 Å². The van der Waals surface area contributed by atoms with Crippen LogP contribution in [0.4, 0.5) is 11.8 Å². The maximum atomic E-state index is 4.30. The Kier molecular flexibility index (Phi) is 4.01. The van der Waals surface area contributed by atoms with Crippen LogP contribution in [0.3, 0.4) is 0 Å². The summed E-state index contributed by atoms with van der Waals surface area (Å²) in [7, 11) is 0. The van der Waals surface area contributed by atoms with Gasteiger partial charge in [-0.25, -0.2) is 19.9 Å². The molecule has 2 aromatic heterocycles. The molecule has 0 aromatic carbocycles. The van der Waals surface area contributed by atoms with Crippen molar-refractivity contribution in [3.63, 3.8) is 0 Å². The van der Waals surface area contributed by atoms with Gasteiger partial charge in [-0.1, -0.05) is 0 Å². The summed E-state index contributed by atoms with van der Waals surface area (Å²) < 4.78 is 0. The SMILES string of the molecule is Cc1cc(NCCNc2ncccn2)nc(C)n1. The molecule has 94 valence electrons. The zero-order chi connectivity index (χ0) is 12.8. The quantitative estimate of drug-likeness (QED) is 0.774. The molecule has 0 unspecified atom stereocenters. The van der Waals surface area contributed by atoms with Crippen LogP contribution in [0, 0.1) is 13.8 Å². The Balaban J connectivity index is 1.78. The molecular formula is C12H16N6. The highest BCUT2D eigenvalue weighted by molar-refractivity contribution is 5.36. The Morgan fingerprint density at radius 2 is 1.72 bits per heavy atom. The normalized spacial score (nSPS) is 10.1. The van der Waals surface area contributed by atoms with Gasteiger partial charge < -0.3 is 10.6 Å². The lowest BCUT2D eigenvalue weighted by atomic mass is 10.4. The molecule has 0 aliphatic heterocycles. The topological polar surface area (TPSA) is 75.6 Å². The molecule has 0 saturated carbocycles. The molecule has 2 heterocycles. The number of nitrogens with one attached hydrogen (secondary N) is 2. The number of aromatic nitrogens is 4. The average Bonchev–Trinajstić information content (AvgIpc) is 2.35. The summed E-state index contributed by atoms with van der Waals surface area (Å²) in [5, 5.41) is 6.34. The van der Waals surface area contributed by atoms with Gasteiger partial charge in [-0.3, -0.25) is 0 Å². The van der Waals surface area contributed by atoms with Gasteiger partial charge in [0.2, 0.25) is 5.95 Å². The van der Waals surface area contributed by atoms with Crippen LogP contribution in [0.15, 0.2) is 24.5 Å². The molecule has 18 heavy (non-hydrogen) atoms. The van der Waals surface area contributed by atoms with E-state index in [4.69, 9.17) is 0 Å². The summed E-state index contributed by atoms with van der Waals surface area (Å²) in [4.78, 5) is 16.7. The van der Waals surface area contributed by atoms with E-state index in [1.54, 1.807) is 18.5 Å². The summed E-state index contributed by atoms with van der Waals surface area (Å²) in [6.45, 7) is 5.31. The number of rotatable bonds is 5. The standard InChI is InChI=1S/C12H16N6/c1-9-8-11(18-10(2)17-9)13-6-7-16-12-14-4-3-5-15-12/h3-5,8H,6-7H2,1-2H3,(H,13,17,18)(H,14,15,16). The van der Waals surface area contributed by atoms with E-state index in [0.717, 1.165) is 30.4 Å². The summed E-state index contributed by atoms with van der Waals surface area (Å²) in [6, 6.07) is 3.71. The molecule has 2 rings (SSSR count). The van der Waals surface area contributed by atoms with Crippen LogP contribution in [0.25, 0.3) is 0 Å². The van der Waals surface area contributed by atoms with Crippen molar-refractivity contribution in [3.05, 3.63) is 36.0 Å². The molecule has 0 saturated heterocycles. The first kappa shape index (κ1) is 12.2. The lowest BCUT2D eigenvalue weighted by molar-refractivity contribution is 0.976. The molecule has 0 fully saturated rings. The molecule has 2 aromatic rings. The van der Waals surface area contributed by atoms with Gasteiger partial charge in [0.25, 0.3) is 0 Å². The van der Waals surface area contributed by atoms with Crippen LogP contribution in [0.2, 0.25) is 0 Å². The predicted molar refractivity (Wildman–Crippen MR) is 70.5 cm³/mol. The summed E-state index contributed by atoms with van der Waals surface area (Å²) in [6.07, 6.45) is 3.42. The van der Waals surface area contributed by atoms with Crippen LogP contribution in [0.5, 0.6) is 0 Å². The fraction of sp³-hybridized carbons (Fsp3) is 0.333. The van der Waals surface area contributed by atoms with Crippen LogP contribution < -0.4 is 10.6 Å². The lowest BCUT2D eigenvalue weighted by Gasteiger charge is -2.08. The third-order valence-electron chi connectivity index (χ3n) is 2.25. The van der Waals surface area contributed by atoms with Crippen molar-refractivity contribution in [2.75, 3.05) is 23.7 Å². The maximum absolute atomic E-state index is 4.30. The van der Waals surface area contributed by atoms with Gasteiger partial charge in [-0.05, 0) is 19.9 Å². The van der Waals surface area contributed by atoms with Gasteiger partial charge in [-0.15, -0.1) is 0 Å². The van der Waals surface area contributed by atoms with Crippen molar-refractivity contribution in [2.45, 2.75) is 13.8 Å². The van der Waals surface area contributed by atoms with Gasteiger partial charge in [0.15, 0.2) is 0 Å². The highest BCUT2D eigenvalue weighted by atomic mass is 15.1. The summed E-state index contributed by atoms with van der Waals surface area (Å²) >= 11 is 0. The van der Waals surface area contributed by atoms with Crippen molar-refractivity contribution >= 4 is 11.8 Å². The Morgan fingerprint density at radius 3 is 2.44 bits per heavy atom. The highest BCUT2D eigenvalue weighted by Crippen LogP contribution is 2.04. The molecular weight excluding hydrogens is 228 g/mol. The van der Waals surface area contributed by atoms with Crippen molar-refractivity contribution in [2.24, 2.45) is 0 Å². The van der Waals surface area contributed by atoms with E-state index >= 15 is 0 Å². The third kappa shape index (κ3) is 3.65. The second kappa shape index (κ2) is 5.90. The summed E-state index contributed by atoms with van der Waals surface area (Å²) in [5.41, 5.74) is 0.962. The van der Waals surface area contributed by atoms with E-state index in [1.165, 1.54) is 0 Å². The molecule has 0 aliphatic carbocycles. The van der Waals surface area contributed by atoms with Crippen molar-refractivity contribution in [1.82, 2.24) is 19.9 Å². The van der Waals surface area contributed by atoms with Crippen LogP contribution in [-0.4, -0.2) is 33.0 Å². The highest BCUT2D eigenvalue weighted by Gasteiger charge is 1.98. The third-order valence-corrected chi connectivity index (χ3v) is 2.25. The zero-order valence-corrected chi connectivity index (χ0v) is 10.5. The Labute approximate surface area is 106 Å². The smallest absolute Gasteiger partial charge is 0.222 e. The Hall–Kier alpha value is -2.24. The predicted octanol–water partition coefficient (Wildman–Crippen LogP) is 1.41. The minimum Gasteiger partial charge on any atom is -0.368 e. The Morgan fingerprint density at radius 1 is 1.00 bits per heavy atom. The zero-order valence-electron chi connectivity index (χ0n) is 10.5. The second-order valence-corrected chi connectivity index (χ2v) is 3.87. The van der Waals surface area contributed by atoms with Gasteiger partial charge in [0, 0.05) is 37.2 Å². The average molecular weight is 244 g/mol. The minimum absolute atomic E-state index is 0.634. The van der Waals surface area contributed by atoms with E-state index in [1.807, 2.05) is 19.9 Å². The van der Waals surface area contributed by atoms with E-state index in [-0.39, 0.29) is 0 Å². The molecule has 6 nitrogen and oxygen atoms in total. The Bertz CT molecular complexity index is 479. The monoisotopic (exact) mass is 244 g/mol. The first-order valence-corrected chi connectivity index (χ1v) is 5.81. The molecule has 0 radical (unpaired) electrons. The second-order valence-electron chi connectivity index (χ2n) is 3.87. The first-order chi connectivity index (χ1) is 8.74. The van der Waals surface area contributed by atoms with E-state index < -0.39 is 0 Å². The fourth-order valence-corrected chi connectivity index (χ4v) is 1.56. The minimum atomic E-state index is 0.634. The van der Waals surface area contributed by atoms with E-state index in [9.17, 15) is 0 Å². The first-order valence-electron chi connectivity index (χ1n) is 5.81. The van der Waals surface area contributed by atoms with E-state index in [0.29, 0.717) is 5.95 Å². The number of nitrogens with zero attached hydrogens (tertiary/aromatic N) is 4. The molecule has 0 spiro atoms. The lowest BCUT2D eigenvalue weighted by Crippen LogP contribution is -2.16. The fourth-order valence-electron chi connectivity index (χ4n) is 1.56. The largest absolute Gasteiger partial charge is 0.368 e. The number of anilines is 2. The molecule has 0 amide bonds. The van der Waals surface area contributed by atoms with Gasteiger partial charge in [0.1, 0.15) is 11.6 Å². The molecule has 0 aliphatic rings. The van der Waals surface area contributed by atoms with Gasteiger partial charge >= 0.3 is 0 Å². The molecule has 0 atom stereocenters. The summed E-state index contributed by atoms with van der Waals surface area (Å²) in [5.74, 6) is 2.25. The maximum Gasteiger partial charge on any atom is 0.222 e. The van der Waals surface area contributed by atoms with Crippen LogP contribution >= 0.6 is 0 Å². The molecule has 0 bridgehead atoms. The van der Waals surface area contributed by atoms with Crippen LogP contribution in [0.1, 0.15) is 11.5 Å². The van der Waals surface area contributed by atoms with E-state index in [2.05, 4.69) is 30.6 Å². The van der Waals surface area contributed by atoms with Gasteiger partial charge in [0.05, 0.1) is 0 Å². The number of hydrogen-bond acceptors (Lipinski definition) is 6. The number of hydrogen-bond donors (Lipinski definition) is 2.